The molecule has 1 aliphatic rings. The molecule has 0 saturated heterocycles. The Kier molecular flexibility index (Phi) is 2.83. The summed E-state index contributed by atoms with van der Waals surface area (Å²) in [6.45, 7) is 0. The number of carboxylic acids is 1. The first-order chi connectivity index (χ1) is 7.63. The second kappa shape index (κ2) is 4.14. The van der Waals surface area contributed by atoms with Gasteiger partial charge >= 0.3 is 5.97 Å². The maximum atomic E-state index is 11.0. The van der Waals surface area contributed by atoms with E-state index in [4.69, 9.17) is 16.7 Å². The number of benzene rings is 1. The summed E-state index contributed by atoms with van der Waals surface area (Å²) in [5.41, 5.74) is 0.948. The topological polar surface area (TPSA) is 66.4 Å². The summed E-state index contributed by atoms with van der Waals surface area (Å²) in [7, 11) is 0. The van der Waals surface area contributed by atoms with Gasteiger partial charge in [0.25, 0.3) is 0 Å². The minimum Gasteiger partial charge on any atom is -0.478 e. The van der Waals surface area contributed by atoms with E-state index in [1.54, 1.807) is 12.1 Å². The van der Waals surface area contributed by atoms with Crippen LogP contribution in [0.15, 0.2) is 18.2 Å². The van der Waals surface area contributed by atoms with Crippen molar-refractivity contribution in [2.75, 3.05) is 0 Å². The van der Waals surface area contributed by atoms with Gasteiger partial charge in [-0.15, -0.1) is 0 Å². The van der Waals surface area contributed by atoms with Crippen LogP contribution in [0.2, 0.25) is 5.02 Å². The molecule has 0 spiro atoms. The van der Waals surface area contributed by atoms with Crippen LogP contribution in [0, 0.1) is 0 Å². The molecule has 0 aromatic heterocycles. The van der Waals surface area contributed by atoms with E-state index >= 15 is 0 Å². The van der Waals surface area contributed by atoms with E-state index < -0.39 is 5.97 Å². The predicted octanol–water partition coefficient (Wildman–Crippen LogP) is 1.64. The van der Waals surface area contributed by atoms with Gasteiger partial charge in [0.1, 0.15) is 0 Å². The highest BCUT2D eigenvalue weighted by Gasteiger charge is 2.40. The van der Waals surface area contributed by atoms with Gasteiger partial charge in [-0.1, -0.05) is 17.7 Å². The standard InChI is InChI=1S/C11H10ClNO3/c12-6-1-2-7(9(3-6)11(15)16)8-4-10(8)13-5-14/h1-3,5,8,10H,4H2,(H,13,14)(H,15,16). The second-order valence-corrected chi connectivity index (χ2v) is 4.21. The first-order valence-electron chi connectivity index (χ1n) is 4.86. The number of rotatable bonds is 4. The van der Waals surface area contributed by atoms with Crippen molar-refractivity contribution in [3.63, 3.8) is 0 Å². The van der Waals surface area contributed by atoms with Crippen LogP contribution in [-0.4, -0.2) is 23.5 Å². The molecule has 1 aromatic carbocycles. The van der Waals surface area contributed by atoms with Crippen LogP contribution in [0.5, 0.6) is 0 Å². The Hall–Kier alpha value is -1.55. The number of amides is 1. The van der Waals surface area contributed by atoms with Crippen molar-refractivity contribution >= 4 is 24.0 Å². The van der Waals surface area contributed by atoms with E-state index in [0.717, 1.165) is 12.0 Å². The van der Waals surface area contributed by atoms with Crippen LogP contribution in [0.4, 0.5) is 0 Å². The second-order valence-electron chi connectivity index (χ2n) is 3.77. The van der Waals surface area contributed by atoms with E-state index in [-0.39, 0.29) is 17.5 Å². The predicted molar refractivity (Wildman–Crippen MR) is 58.8 cm³/mol. The highest BCUT2D eigenvalue weighted by atomic mass is 35.5. The van der Waals surface area contributed by atoms with Crippen molar-refractivity contribution in [3.05, 3.63) is 34.3 Å². The molecule has 4 nitrogen and oxygen atoms in total. The number of halogens is 1. The number of hydrogen-bond donors (Lipinski definition) is 2. The molecule has 2 atom stereocenters. The fourth-order valence-corrected chi connectivity index (χ4v) is 2.02. The van der Waals surface area contributed by atoms with E-state index in [1.165, 1.54) is 6.07 Å². The summed E-state index contributed by atoms with van der Waals surface area (Å²) in [5, 5.41) is 12.1. The smallest absolute Gasteiger partial charge is 0.336 e. The molecule has 2 unspecified atom stereocenters. The van der Waals surface area contributed by atoms with E-state index in [0.29, 0.717) is 11.4 Å². The Morgan fingerprint density at radius 2 is 2.31 bits per heavy atom. The molecule has 0 bridgehead atoms. The SMILES string of the molecule is O=CNC1CC1c1ccc(Cl)cc1C(=O)O. The molecule has 16 heavy (non-hydrogen) atoms. The van der Waals surface area contributed by atoms with Gasteiger partial charge in [0.15, 0.2) is 0 Å². The molecule has 84 valence electrons. The van der Waals surface area contributed by atoms with Gasteiger partial charge in [0.05, 0.1) is 5.56 Å². The maximum absolute atomic E-state index is 11.0. The van der Waals surface area contributed by atoms with Gasteiger partial charge in [0, 0.05) is 17.0 Å². The minimum atomic E-state index is -0.991. The molecule has 0 radical (unpaired) electrons. The van der Waals surface area contributed by atoms with Crippen molar-refractivity contribution in [2.24, 2.45) is 0 Å². The van der Waals surface area contributed by atoms with Crippen molar-refractivity contribution in [1.29, 1.82) is 0 Å². The van der Waals surface area contributed by atoms with E-state index in [1.807, 2.05) is 0 Å². The highest BCUT2D eigenvalue weighted by molar-refractivity contribution is 6.31. The fourth-order valence-electron chi connectivity index (χ4n) is 1.85. The molecule has 1 aliphatic carbocycles. The summed E-state index contributed by atoms with van der Waals surface area (Å²) in [6, 6.07) is 4.87. The van der Waals surface area contributed by atoms with Crippen LogP contribution >= 0.6 is 11.6 Å². The number of carbonyl (C=O) groups is 2. The molecule has 2 rings (SSSR count). The van der Waals surface area contributed by atoms with Crippen molar-refractivity contribution in [3.8, 4) is 0 Å². The molecular formula is C11H10ClNO3. The lowest BCUT2D eigenvalue weighted by Gasteiger charge is -2.05. The van der Waals surface area contributed by atoms with Gasteiger partial charge in [-0.2, -0.15) is 0 Å². The Bertz CT molecular complexity index is 447. The molecule has 5 heteroatoms. The Labute approximate surface area is 97.2 Å². The van der Waals surface area contributed by atoms with E-state index in [2.05, 4.69) is 5.32 Å². The summed E-state index contributed by atoms with van der Waals surface area (Å²) >= 11 is 5.75. The average molecular weight is 240 g/mol. The Balaban J connectivity index is 2.28. The van der Waals surface area contributed by atoms with Gasteiger partial charge in [0.2, 0.25) is 6.41 Å². The van der Waals surface area contributed by atoms with Gasteiger partial charge in [-0.05, 0) is 24.1 Å². The zero-order valence-corrected chi connectivity index (χ0v) is 9.07. The lowest BCUT2D eigenvalue weighted by Crippen LogP contribution is -2.15. The monoisotopic (exact) mass is 239 g/mol. The van der Waals surface area contributed by atoms with E-state index in [9.17, 15) is 9.59 Å². The summed E-state index contributed by atoms with van der Waals surface area (Å²) < 4.78 is 0. The first-order valence-corrected chi connectivity index (χ1v) is 5.23. The summed E-state index contributed by atoms with van der Waals surface area (Å²) in [4.78, 5) is 21.3. The quantitative estimate of drug-likeness (QED) is 0.785. The van der Waals surface area contributed by atoms with Crippen LogP contribution < -0.4 is 5.32 Å². The van der Waals surface area contributed by atoms with Crippen LogP contribution in [0.3, 0.4) is 0 Å². The minimum absolute atomic E-state index is 0.0526. The number of carbonyl (C=O) groups excluding carboxylic acids is 1. The molecule has 0 aliphatic heterocycles. The third kappa shape index (κ3) is 2.02. The third-order valence-corrected chi connectivity index (χ3v) is 2.95. The number of nitrogens with one attached hydrogen (secondary N) is 1. The normalized spacial score (nSPS) is 22.6. The maximum Gasteiger partial charge on any atom is 0.336 e. The van der Waals surface area contributed by atoms with Gasteiger partial charge < -0.3 is 10.4 Å². The largest absolute Gasteiger partial charge is 0.478 e. The lowest BCUT2D eigenvalue weighted by molar-refractivity contribution is -0.109. The zero-order valence-electron chi connectivity index (χ0n) is 8.31. The van der Waals surface area contributed by atoms with Crippen LogP contribution in [0.25, 0.3) is 0 Å². The molecule has 1 amide bonds. The van der Waals surface area contributed by atoms with Crippen molar-refractivity contribution in [1.82, 2.24) is 5.32 Å². The third-order valence-electron chi connectivity index (χ3n) is 2.72. The van der Waals surface area contributed by atoms with Gasteiger partial charge in [-0.25, -0.2) is 4.79 Å². The Morgan fingerprint density at radius 1 is 1.56 bits per heavy atom. The fraction of sp³-hybridized carbons (Fsp3) is 0.273. The molecule has 2 N–H and O–H groups in total. The average Bonchev–Trinajstić information content (AvgIpc) is 2.97. The molecule has 0 heterocycles. The molecule has 1 fully saturated rings. The molecule has 1 saturated carbocycles. The first kappa shape index (κ1) is 11.0. The Morgan fingerprint density at radius 3 is 2.94 bits per heavy atom. The van der Waals surface area contributed by atoms with Crippen molar-refractivity contribution in [2.45, 2.75) is 18.4 Å². The highest BCUT2D eigenvalue weighted by Crippen LogP contribution is 2.42. The molecular weight excluding hydrogens is 230 g/mol. The lowest BCUT2D eigenvalue weighted by atomic mass is 10.0. The number of carboxylic acid groups (broad SMARTS) is 1. The number of aromatic carboxylic acids is 1. The summed E-state index contributed by atoms with van der Waals surface area (Å²) in [6.07, 6.45) is 1.42. The molecule has 1 aromatic rings. The van der Waals surface area contributed by atoms with Crippen molar-refractivity contribution < 1.29 is 14.7 Å². The summed E-state index contributed by atoms with van der Waals surface area (Å²) in [5.74, 6) is -0.900. The number of hydrogen-bond acceptors (Lipinski definition) is 2. The zero-order chi connectivity index (χ0) is 11.7. The van der Waals surface area contributed by atoms with Crippen LogP contribution in [-0.2, 0) is 4.79 Å². The van der Waals surface area contributed by atoms with Gasteiger partial charge in [-0.3, -0.25) is 4.79 Å². The van der Waals surface area contributed by atoms with Crippen LogP contribution in [0.1, 0.15) is 28.3 Å².